The van der Waals surface area contributed by atoms with Crippen LogP contribution in [0.4, 0.5) is 5.82 Å². The number of aromatic nitrogens is 4. The topological polar surface area (TPSA) is 64.7 Å². The lowest BCUT2D eigenvalue weighted by atomic mass is 10.1. The van der Waals surface area contributed by atoms with E-state index < -0.39 is 0 Å². The second kappa shape index (κ2) is 8.37. The number of carbonyl (C=O) groups excluding carboxylic acids is 1. The van der Waals surface area contributed by atoms with Gasteiger partial charge in [0.15, 0.2) is 5.82 Å². The normalized spacial score (nSPS) is 10.9. The highest BCUT2D eigenvalue weighted by atomic mass is 16.1. The molecule has 0 saturated heterocycles. The Hall–Kier alpha value is -3.67. The van der Waals surface area contributed by atoms with Crippen LogP contribution in [-0.2, 0) is 13.1 Å². The molecule has 2 aromatic heterocycles. The van der Waals surface area contributed by atoms with E-state index in [1.165, 1.54) is 11.1 Å². The number of carbonyl (C=O) groups is 1. The zero-order chi connectivity index (χ0) is 21.1. The Kier molecular flexibility index (Phi) is 5.48. The molecule has 152 valence electrons. The first-order chi connectivity index (χ1) is 14.5. The van der Waals surface area contributed by atoms with Crippen LogP contribution in [0.2, 0.25) is 0 Å². The van der Waals surface area contributed by atoms with Crippen molar-refractivity contribution in [1.82, 2.24) is 19.6 Å². The number of benzene rings is 2. The highest BCUT2D eigenvalue weighted by molar-refractivity contribution is 6.03. The fourth-order valence-corrected chi connectivity index (χ4v) is 3.44. The molecule has 30 heavy (non-hydrogen) atoms. The van der Waals surface area contributed by atoms with Gasteiger partial charge in [0.2, 0.25) is 0 Å². The van der Waals surface area contributed by atoms with Crippen molar-refractivity contribution in [2.75, 3.05) is 5.32 Å². The quantitative estimate of drug-likeness (QED) is 0.524. The van der Waals surface area contributed by atoms with Gasteiger partial charge in [0.05, 0.1) is 18.8 Å². The Labute approximate surface area is 176 Å². The summed E-state index contributed by atoms with van der Waals surface area (Å²) in [5.41, 5.74) is 6.25. The minimum atomic E-state index is -0.172. The third-order valence-electron chi connectivity index (χ3n) is 5.13. The molecule has 0 aliphatic heterocycles. The van der Waals surface area contributed by atoms with Gasteiger partial charge in [0.1, 0.15) is 0 Å². The lowest BCUT2D eigenvalue weighted by Gasteiger charge is -2.07. The van der Waals surface area contributed by atoms with Gasteiger partial charge in [-0.2, -0.15) is 10.2 Å². The van der Waals surface area contributed by atoms with E-state index in [1.807, 2.05) is 71.9 Å². The smallest absolute Gasteiger partial charge is 0.256 e. The van der Waals surface area contributed by atoms with E-state index in [9.17, 15) is 4.79 Å². The number of rotatable bonds is 6. The van der Waals surface area contributed by atoms with Gasteiger partial charge in [-0.05, 0) is 55.7 Å². The van der Waals surface area contributed by atoms with Gasteiger partial charge in [0.25, 0.3) is 5.91 Å². The van der Waals surface area contributed by atoms with Crippen LogP contribution in [0.25, 0.3) is 0 Å². The van der Waals surface area contributed by atoms with Crippen molar-refractivity contribution in [3.05, 3.63) is 101 Å². The van der Waals surface area contributed by atoms with Crippen molar-refractivity contribution in [3.8, 4) is 0 Å². The lowest BCUT2D eigenvalue weighted by molar-refractivity contribution is 0.102. The number of amides is 1. The summed E-state index contributed by atoms with van der Waals surface area (Å²) in [4.78, 5) is 12.6. The molecule has 0 radical (unpaired) electrons. The number of hydrogen-bond donors (Lipinski definition) is 1. The molecule has 2 heterocycles. The molecule has 0 aliphatic rings. The van der Waals surface area contributed by atoms with Gasteiger partial charge in [-0.3, -0.25) is 14.2 Å². The maximum Gasteiger partial charge on any atom is 0.256 e. The first-order valence-corrected chi connectivity index (χ1v) is 9.97. The van der Waals surface area contributed by atoms with Gasteiger partial charge in [-0.1, -0.05) is 36.4 Å². The van der Waals surface area contributed by atoms with Crippen LogP contribution >= 0.6 is 0 Å². The van der Waals surface area contributed by atoms with E-state index in [1.54, 1.807) is 0 Å². The molecular formula is C24H25N5O. The number of nitrogens with one attached hydrogen (secondary N) is 1. The Morgan fingerprint density at radius 2 is 1.70 bits per heavy atom. The summed E-state index contributed by atoms with van der Waals surface area (Å²) < 4.78 is 3.79. The third-order valence-corrected chi connectivity index (χ3v) is 5.13. The summed E-state index contributed by atoms with van der Waals surface area (Å²) in [6.07, 6.45) is 1.87. The van der Waals surface area contributed by atoms with E-state index in [4.69, 9.17) is 0 Å². The maximum atomic E-state index is 12.6. The summed E-state index contributed by atoms with van der Waals surface area (Å²) in [5, 5.41) is 11.8. The largest absolute Gasteiger partial charge is 0.305 e. The van der Waals surface area contributed by atoms with Gasteiger partial charge in [-0.15, -0.1) is 0 Å². The molecule has 0 spiro atoms. The first kappa shape index (κ1) is 19.6. The van der Waals surface area contributed by atoms with Crippen LogP contribution in [0.5, 0.6) is 0 Å². The van der Waals surface area contributed by atoms with Crippen molar-refractivity contribution >= 4 is 11.7 Å². The van der Waals surface area contributed by atoms with Crippen molar-refractivity contribution in [3.63, 3.8) is 0 Å². The SMILES string of the molecule is Cc1cc(C)n(Cc2ccc(C(=O)Nc3ccn(Cc4ccccc4C)n3)cc2)n1. The number of aryl methyl sites for hydroxylation is 3. The second-order valence-corrected chi connectivity index (χ2v) is 7.56. The van der Waals surface area contributed by atoms with E-state index >= 15 is 0 Å². The average Bonchev–Trinajstić information content (AvgIpc) is 3.29. The molecule has 0 unspecified atom stereocenters. The summed E-state index contributed by atoms with van der Waals surface area (Å²) in [5.74, 6) is 0.370. The van der Waals surface area contributed by atoms with Gasteiger partial charge in [0, 0.05) is 23.5 Å². The molecule has 6 nitrogen and oxygen atoms in total. The molecule has 0 fully saturated rings. The average molecular weight is 399 g/mol. The lowest BCUT2D eigenvalue weighted by Crippen LogP contribution is -2.13. The standard InChI is InChI=1S/C24H25N5O/c1-17-6-4-5-7-22(17)16-28-13-12-23(27-28)25-24(30)21-10-8-20(9-11-21)15-29-19(3)14-18(2)26-29/h4-14H,15-16H2,1-3H3,(H,25,27,30). The molecular weight excluding hydrogens is 374 g/mol. The van der Waals surface area contributed by atoms with E-state index in [0.29, 0.717) is 24.5 Å². The number of hydrogen-bond acceptors (Lipinski definition) is 3. The third kappa shape index (κ3) is 4.49. The first-order valence-electron chi connectivity index (χ1n) is 9.97. The zero-order valence-electron chi connectivity index (χ0n) is 17.5. The van der Waals surface area contributed by atoms with Gasteiger partial charge < -0.3 is 5.32 Å². The van der Waals surface area contributed by atoms with Crippen LogP contribution in [-0.4, -0.2) is 25.5 Å². The fourth-order valence-electron chi connectivity index (χ4n) is 3.44. The van der Waals surface area contributed by atoms with Crippen molar-refractivity contribution < 1.29 is 4.79 Å². The zero-order valence-corrected chi connectivity index (χ0v) is 17.5. The van der Waals surface area contributed by atoms with Crippen LogP contribution in [0.1, 0.15) is 38.4 Å². The Morgan fingerprint density at radius 1 is 0.933 bits per heavy atom. The predicted octanol–water partition coefficient (Wildman–Crippen LogP) is 4.35. The molecule has 0 bridgehead atoms. The molecule has 1 N–H and O–H groups in total. The predicted molar refractivity (Wildman–Crippen MR) is 118 cm³/mol. The number of anilines is 1. The van der Waals surface area contributed by atoms with Crippen molar-refractivity contribution in [2.24, 2.45) is 0 Å². The van der Waals surface area contributed by atoms with E-state index in [-0.39, 0.29) is 5.91 Å². The molecule has 0 aliphatic carbocycles. The summed E-state index contributed by atoms with van der Waals surface area (Å²) in [6, 6.07) is 19.7. The fraction of sp³-hybridized carbons (Fsp3) is 0.208. The molecule has 0 atom stereocenters. The molecule has 4 aromatic rings. The minimum absolute atomic E-state index is 0.172. The second-order valence-electron chi connectivity index (χ2n) is 7.56. The van der Waals surface area contributed by atoms with Gasteiger partial charge >= 0.3 is 0 Å². The minimum Gasteiger partial charge on any atom is -0.305 e. The monoisotopic (exact) mass is 399 g/mol. The molecule has 6 heteroatoms. The summed E-state index contributed by atoms with van der Waals surface area (Å²) in [6.45, 7) is 7.47. The Balaban J connectivity index is 1.39. The molecule has 4 rings (SSSR count). The van der Waals surface area contributed by atoms with E-state index in [0.717, 1.165) is 17.0 Å². The van der Waals surface area contributed by atoms with Crippen molar-refractivity contribution in [2.45, 2.75) is 33.9 Å². The van der Waals surface area contributed by atoms with Gasteiger partial charge in [-0.25, -0.2) is 0 Å². The molecule has 2 aromatic carbocycles. The maximum absolute atomic E-state index is 12.6. The number of nitrogens with zero attached hydrogens (tertiary/aromatic N) is 4. The van der Waals surface area contributed by atoms with Crippen LogP contribution < -0.4 is 5.32 Å². The van der Waals surface area contributed by atoms with Crippen LogP contribution in [0.3, 0.4) is 0 Å². The van der Waals surface area contributed by atoms with Crippen molar-refractivity contribution in [1.29, 1.82) is 0 Å². The molecule has 0 saturated carbocycles. The van der Waals surface area contributed by atoms with Crippen LogP contribution in [0.15, 0.2) is 66.9 Å². The Morgan fingerprint density at radius 3 is 2.40 bits per heavy atom. The van der Waals surface area contributed by atoms with E-state index in [2.05, 4.69) is 40.6 Å². The highest BCUT2D eigenvalue weighted by Crippen LogP contribution is 2.13. The molecule has 1 amide bonds. The Bertz CT molecular complexity index is 1170. The van der Waals surface area contributed by atoms with Crippen LogP contribution in [0, 0.1) is 20.8 Å². The summed E-state index contributed by atoms with van der Waals surface area (Å²) >= 11 is 0. The highest BCUT2D eigenvalue weighted by Gasteiger charge is 2.09. The summed E-state index contributed by atoms with van der Waals surface area (Å²) in [7, 11) is 0.